The first-order chi connectivity index (χ1) is 12.8. The second-order valence-corrected chi connectivity index (χ2v) is 6.69. The van der Waals surface area contributed by atoms with Crippen molar-refractivity contribution >= 4 is 33.4 Å². The van der Waals surface area contributed by atoms with Crippen LogP contribution in [0.2, 0.25) is 0 Å². The van der Waals surface area contributed by atoms with E-state index in [-0.39, 0.29) is 18.4 Å². The van der Waals surface area contributed by atoms with E-state index in [1.807, 2.05) is 0 Å². The van der Waals surface area contributed by atoms with Gasteiger partial charge < -0.3 is 0 Å². The number of hydrogen-bond acceptors (Lipinski definition) is 5. The number of nitrogens with two attached hydrogens (primary N) is 1. The summed E-state index contributed by atoms with van der Waals surface area (Å²) < 4.78 is 39.0. The SMILES string of the molecule is NN(C(=O)CCc1cccc(C(F)(F)F)c1)C(=O)c1ccc2ncsc2c1. The minimum Gasteiger partial charge on any atom is -0.273 e. The number of aromatic nitrogens is 1. The van der Waals surface area contributed by atoms with Crippen LogP contribution in [-0.2, 0) is 17.4 Å². The number of imide groups is 1. The quantitative estimate of drug-likeness (QED) is 0.416. The molecule has 0 bridgehead atoms. The van der Waals surface area contributed by atoms with Gasteiger partial charge in [0.25, 0.3) is 5.91 Å². The number of aryl methyl sites for hydroxylation is 1. The van der Waals surface area contributed by atoms with Crippen molar-refractivity contribution < 1.29 is 22.8 Å². The highest BCUT2D eigenvalue weighted by atomic mass is 32.1. The lowest BCUT2D eigenvalue weighted by Gasteiger charge is -2.15. The highest BCUT2D eigenvalue weighted by Crippen LogP contribution is 2.29. The molecule has 1 heterocycles. The number of fused-ring (bicyclic) bond motifs is 1. The van der Waals surface area contributed by atoms with Gasteiger partial charge in [-0.3, -0.25) is 9.59 Å². The molecule has 0 unspecified atom stereocenters. The number of rotatable bonds is 4. The molecule has 0 fully saturated rings. The van der Waals surface area contributed by atoms with Crippen LogP contribution in [0.1, 0.15) is 27.9 Å². The molecular weight excluding hydrogens is 379 g/mol. The average molecular weight is 393 g/mol. The van der Waals surface area contributed by atoms with Crippen molar-refractivity contribution in [1.29, 1.82) is 0 Å². The van der Waals surface area contributed by atoms with Crippen LogP contribution in [0.25, 0.3) is 10.2 Å². The molecule has 0 spiro atoms. The van der Waals surface area contributed by atoms with Gasteiger partial charge in [-0.15, -0.1) is 11.3 Å². The summed E-state index contributed by atoms with van der Waals surface area (Å²) in [6.45, 7) is 0. The molecule has 3 rings (SSSR count). The van der Waals surface area contributed by atoms with Gasteiger partial charge in [0.05, 0.1) is 21.3 Å². The zero-order valence-corrected chi connectivity index (χ0v) is 14.7. The van der Waals surface area contributed by atoms with Gasteiger partial charge in [0.2, 0.25) is 5.91 Å². The Labute approximate surface area is 156 Å². The number of hydrazine groups is 1. The molecule has 140 valence electrons. The molecule has 0 atom stereocenters. The third kappa shape index (κ3) is 4.32. The third-order valence-electron chi connectivity index (χ3n) is 3.95. The third-order valence-corrected chi connectivity index (χ3v) is 4.74. The summed E-state index contributed by atoms with van der Waals surface area (Å²) in [5, 5.41) is 0.496. The Kier molecular flexibility index (Phi) is 5.24. The Morgan fingerprint density at radius 1 is 1.15 bits per heavy atom. The predicted octanol–water partition coefficient (Wildman–Crippen LogP) is 3.79. The van der Waals surface area contributed by atoms with E-state index in [0.717, 1.165) is 22.3 Å². The summed E-state index contributed by atoms with van der Waals surface area (Å²) >= 11 is 1.35. The molecule has 3 aromatic rings. The van der Waals surface area contributed by atoms with E-state index in [9.17, 15) is 22.8 Å². The molecule has 0 aliphatic carbocycles. The molecule has 1 aromatic heterocycles. The topological polar surface area (TPSA) is 76.3 Å². The van der Waals surface area contributed by atoms with Gasteiger partial charge in [-0.2, -0.15) is 13.2 Å². The zero-order valence-electron chi connectivity index (χ0n) is 13.9. The number of amides is 2. The van der Waals surface area contributed by atoms with Crippen molar-refractivity contribution in [3.05, 3.63) is 64.7 Å². The standard InChI is InChI=1S/C18H14F3N3O2S/c19-18(20,21)13-3-1-2-11(8-13)4-7-16(25)24(22)17(26)12-5-6-14-15(9-12)27-10-23-14/h1-3,5-6,8-10H,4,7,22H2. The van der Waals surface area contributed by atoms with Crippen LogP contribution in [-0.4, -0.2) is 21.8 Å². The molecule has 2 N–H and O–H groups in total. The lowest BCUT2D eigenvalue weighted by atomic mass is 10.1. The minimum absolute atomic E-state index is 0.0393. The lowest BCUT2D eigenvalue weighted by molar-refractivity contribution is -0.137. The maximum atomic E-state index is 12.7. The molecule has 5 nitrogen and oxygen atoms in total. The number of carbonyl (C=O) groups excluding carboxylic acids is 2. The van der Waals surface area contributed by atoms with Crippen LogP contribution in [0.4, 0.5) is 13.2 Å². The van der Waals surface area contributed by atoms with Crippen molar-refractivity contribution in [3.8, 4) is 0 Å². The summed E-state index contributed by atoms with van der Waals surface area (Å²) in [7, 11) is 0. The maximum Gasteiger partial charge on any atom is 0.416 e. The smallest absolute Gasteiger partial charge is 0.273 e. The van der Waals surface area contributed by atoms with Gasteiger partial charge in [0.1, 0.15) is 0 Å². The Morgan fingerprint density at radius 2 is 1.93 bits per heavy atom. The highest BCUT2D eigenvalue weighted by molar-refractivity contribution is 7.16. The second-order valence-electron chi connectivity index (χ2n) is 5.80. The molecular formula is C18H14F3N3O2S. The average Bonchev–Trinajstić information content (AvgIpc) is 3.12. The number of alkyl halides is 3. The molecule has 27 heavy (non-hydrogen) atoms. The Bertz CT molecular complexity index is 1000. The Hall–Kier alpha value is -2.78. The van der Waals surface area contributed by atoms with Crippen LogP contribution in [0.5, 0.6) is 0 Å². The fourth-order valence-electron chi connectivity index (χ4n) is 2.52. The van der Waals surface area contributed by atoms with Crippen LogP contribution in [0.3, 0.4) is 0 Å². The number of thiazole rings is 1. The second kappa shape index (κ2) is 7.45. The summed E-state index contributed by atoms with van der Waals surface area (Å²) in [4.78, 5) is 28.6. The fourth-order valence-corrected chi connectivity index (χ4v) is 3.23. The summed E-state index contributed by atoms with van der Waals surface area (Å²) in [6, 6.07) is 9.47. The van der Waals surface area contributed by atoms with Gasteiger partial charge in [0, 0.05) is 12.0 Å². The van der Waals surface area contributed by atoms with E-state index in [0.29, 0.717) is 10.6 Å². The fraction of sp³-hybridized carbons (Fsp3) is 0.167. The molecule has 9 heteroatoms. The van der Waals surface area contributed by atoms with Gasteiger partial charge in [0.15, 0.2) is 0 Å². The van der Waals surface area contributed by atoms with Crippen LogP contribution in [0, 0.1) is 0 Å². The van der Waals surface area contributed by atoms with Gasteiger partial charge >= 0.3 is 6.18 Å². The largest absolute Gasteiger partial charge is 0.416 e. The van der Waals surface area contributed by atoms with Crippen molar-refractivity contribution in [1.82, 2.24) is 9.99 Å². The number of carbonyl (C=O) groups is 2. The van der Waals surface area contributed by atoms with E-state index in [2.05, 4.69) is 4.98 Å². The van der Waals surface area contributed by atoms with Crippen molar-refractivity contribution in [2.45, 2.75) is 19.0 Å². The number of halogens is 3. The molecule has 2 amide bonds. The lowest BCUT2D eigenvalue weighted by Crippen LogP contribution is -2.42. The predicted molar refractivity (Wildman–Crippen MR) is 94.7 cm³/mol. The van der Waals surface area contributed by atoms with Crippen molar-refractivity contribution in [2.75, 3.05) is 0 Å². The van der Waals surface area contributed by atoms with Crippen LogP contribution >= 0.6 is 11.3 Å². The summed E-state index contributed by atoms with van der Waals surface area (Å²) in [5.74, 6) is 4.26. The maximum absolute atomic E-state index is 12.7. The van der Waals surface area contributed by atoms with E-state index in [4.69, 9.17) is 5.84 Å². The number of hydrogen-bond donors (Lipinski definition) is 1. The molecule has 0 saturated carbocycles. The van der Waals surface area contributed by atoms with Crippen molar-refractivity contribution in [3.63, 3.8) is 0 Å². The van der Waals surface area contributed by atoms with Gasteiger partial charge in [-0.1, -0.05) is 18.2 Å². The van der Waals surface area contributed by atoms with Crippen molar-refractivity contribution in [2.24, 2.45) is 5.84 Å². The Morgan fingerprint density at radius 3 is 2.67 bits per heavy atom. The van der Waals surface area contributed by atoms with E-state index >= 15 is 0 Å². The number of nitrogens with zero attached hydrogens (tertiary/aromatic N) is 2. The first-order valence-corrected chi connectivity index (χ1v) is 8.75. The highest BCUT2D eigenvalue weighted by Gasteiger charge is 2.30. The first-order valence-electron chi connectivity index (χ1n) is 7.87. The van der Waals surface area contributed by atoms with Gasteiger partial charge in [-0.25, -0.2) is 15.8 Å². The molecule has 0 radical (unpaired) electrons. The number of benzene rings is 2. The Balaban J connectivity index is 1.66. The minimum atomic E-state index is -4.45. The molecule has 2 aromatic carbocycles. The summed E-state index contributed by atoms with van der Waals surface area (Å²) in [6.07, 6.45) is -4.60. The molecule has 0 aliphatic rings. The summed E-state index contributed by atoms with van der Waals surface area (Å²) in [5.41, 5.74) is 2.16. The van der Waals surface area contributed by atoms with E-state index in [1.165, 1.54) is 29.5 Å². The van der Waals surface area contributed by atoms with Crippen LogP contribution in [0.15, 0.2) is 48.0 Å². The van der Waals surface area contributed by atoms with E-state index in [1.54, 1.807) is 17.6 Å². The van der Waals surface area contributed by atoms with Gasteiger partial charge in [-0.05, 0) is 36.2 Å². The normalized spacial score (nSPS) is 11.6. The zero-order chi connectivity index (χ0) is 19.6. The van der Waals surface area contributed by atoms with Crippen LogP contribution < -0.4 is 5.84 Å². The molecule has 0 aliphatic heterocycles. The molecule has 0 saturated heterocycles. The monoisotopic (exact) mass is 393 g/mol. The van der Waals surface area contributed by atoms with E-state index < -0.39 is 23.6 Å². The first kappa shape index (κ1) is 19.0.